The summed E-state index contributed by atoms with van der Waals surface area (Å²) in [7, 11) is 0. The molecule has 24 heavy (non-hydrogen) atoms. The van der Waals surface area contributed by atoms with Gasteiger partial charge in [-0.05, 0) is 47.0 Å². The third-order valence-electron chi connectivity index (χ3n) is 3.75. The highest BCUT2D eigenvalue weighted by Crippen LogP contribution is 2.34. The molecule has 0 aliphatic rings. The van der Waals surface area contributed by atoms with E-state index in [0.29, 0.717) is 22.5 Å². The Hall–Kier alpha value is -3.54. The summed E-state index contributed by atoms with van der Waals surface area (Å²) < 4.78 is 0. The molecule has 0 radical (unpaired) electrons. The Bertz CT molecular complexity index is 903. The third-order valence-corrected chi connectivity index (χ3v) is 3.75. The van der Waals surface area contributed by atoms with Gasteiger partial charge in [-0.3, -0.25) is 10.1 Å². The van der Waals surface area contributed by atoms with Crippen LogP contribution in [0.4, 0.5) is 17.1 Å². The van der Waals surface area contributed by atoms with Crippen molar-refractivity contribution in [2.45, 2.75) is 0 Å². The standard InChI is InChI=1S/C18H14N4O2/c19-15-6-1-12(2-7-15)14-5-10-17(18(11-14)22(23)24)13-3-8-16(21-20)9-4-13/h1-11,20H,19H2. The van der Waals surface area contributed by atoms with Crippen LogP contribution in [0.3, 0.4) is 0 Å². The number of nitro groups is 1. The molecule has 3 rings (SSSR count). The van der Waals surface area contributed by atoms with Crippen LogP contribution in [0, 0.1) is 15.6 Å². The van der Waals surface area contributed by atoms with Gasteiger partial charge in [0.1, 0.15) is 0 Å². The Balaban J connectivity index is 2.08. The van der Waals surface area contributed by atoms with Crippen molar-refractivity contribution in [1.82, 2.24) is 0 Å². The Morgan fingerprint density at radius 3 is 2.04 bits per heavy atom. The number of nitro benzene ring substituents is 1. The van der Waals surface area contributed by atoms with Crippen LogP contribution in [-0.2, 0) is 0 Å². The molecule has 6 nitrogen and oxygen atoms in total. The van der Waals surface area contributed by atoms with Crippen LogP contribution in [0.15, 0.2) is 71.8 Å². The minimum Gasteiger partial charge on any atom is -0.399 e. The van der Waals surface area contributed by atoms with Crippen molar-refractivity contribution in [3.63, 3.8) is 0 Å². The fourth-order valence-corrected chi connectivity index (χ4v) is 2.50. The number of nitrogen functional groups attached to an aromatic ring is 1. The van der Waals surface area contributed by atoms with Crippen molar-refractivity contribution >= 4 is 17.1 Å². The molecule has 3 N–H and O–H groups in total. The fraction of sp³-hybridized carbons (Fsp3) is 0. The summed E-state index contributed by atoms with van der Waals surface area (Å²) in [6, 6.07) is 19.1. The minimum atomic E-state index is -0.390. The average Bonchev–Trinajstić information content (AvgIpc) is 2.62. The smallest absolute Gasteiger partial charge is 0.277 e. The van der Waals surface area contributed by atoms with E-state index in [-0.39, 0.29) is 10.6 Å². The number of nitrogens with zero attached hydrogens (tertiary/aromatic N) is 2. The van der Waals surface area contributed by atoms with Crippen molar-refractivity contribution in [3.05, 3.63) is 76.8 Å². The number of hydrogen-bond donors (Lipinski definition) is 2. The highest BCUT2D eigenvalue weighted by molar-refractivity contribution is 5.79. The average molecular weight is 318 g/mol. The van der Waals surface area contributed by atoms with E-state index in [2.05, 4.69) is 5.11 Å². The molecule has 0 aliphatic heterocycles. The Morgan fingerprint density at radius 1 is 0.875 bits per heavy atom. The molecule has 3 aromatic rings. The lowest BCUT2D eigenvalue weighted by Crippen LogP contribution is -1.93. The number of nitrogens with one attached hydrogen (secondary N) is 1. The monoisotopic (exact) mass is 318 g/mol. The molecular formula is C18H14N4O2. The lowest BCUT2D eigenvalue weighted by molar-refractivity contribution is -0.384. The van der Waals surface area contributed by atoms with Crippen molar-refractivity contribution in [2.24, 2.45) is 5.11 Å². The molecule has 0 aliphatic carbocycles. The molecule has 0 saturated heterocycles. The molecule has 0 fully saturated rings. The van der Waals surface area contributed by atoms with Crippen molar-refractivity contribution < 1.29 is 4.92 Å². The number of anilines is 1. The first kappa shape index (κ1) is 15.4. The maximum atomic E-state index is 11.5. The summed E-state index contributed by atoms with van der Waals surface area (Å²) in [4.78, 5) is 11.1. The molecule has 0 spiro atoms. The van der Waals surface area contributed by atoms with Gasteiger partial charge in [0.25, 0.3) is 5.69 Å². The summed E-state index contributed by atoms with van der Waals surface area (Å²) >= 11 is 0. The largest absolute Gasteiger partial charge is 0.399 e. The predicted molar refractivity (Wildman–Crippen MR) is 93.2 cm³/mol. The zero-order chi connectivity index (χ0) is 17.1. The van der Waals surface area contributed by atoms with E-state index < -0.39 is 0 Å². The Morgan fingerprint density at radius 2 is 1.46 bits per heavy atom. The van der Waals surface area contributed by atoms with Crippen molar-refractivity contribution in [2.75, 3.05) is 5.73 Å². The van der Waals surface area contributed by atoms with Crippen LogP contribution in [0.5, 0.6) is 0 Å². The van der Waals surface area contributed by atoms with Crippen LogP contribution in [0.1, 0.15) is 0 Å². The van der Waals surface area contributed by atoms with Gasteiger partial charge in [0.2, 0.25) is 0 Å². The van der Waals surface area contributed by atoms with Gasteiger partial charge < -0.3 is 5.73 Å². The second kappa shape index (κ2) is 6.29. The summed E-state index contributed by atoms with van der Waals surface area (Å²) in [6.45, 7) is 0. The van der Waals surface area contributed by atoms with E-state index in [0.717, 1.165) is 11.1 Å². The Kier molecular flexibility index (Phi) is 4.03. The molecule has 0 aromatic heterocycles. The zero-order valence-electron chi connectivity index (χ0n) is 12.6. The van der Waals surface area contributed by atoms with Gasteiger partial charge in [-0.1, -0.05) is 30.3 Å². The lowest BCUT2D eigenvalue weighted by atomic mass is 9.98. The van der Waals surface area contributed by atoms with Crippen LogP contribution >= 0.6 is 0 Å². The quantitative estimate of drug-likeness (QED) is 0.300. The van der Waals surface area contributed by atoms with Crippen LogP contribution in [-0.4, -0.2) is 4.92 Å². The van der Waals surface area contributed by atoms with E-state index in [1.54, 1.807) is 48.5 Å². The van der Waals surface area contributed by atoms with Crippen LogP contribution in [0.25, 0.3) is 22.3 Å². The highest BCUT2D eigenvalue weighted by Gasteiger charge is 2.16. The molecular weight excluding hydrogens is 304 g/mol. The van der Waals surface area contributed by atoms with Gasteiger partial charge in [-0.2, -0.15) is 5.11 Å². The first-order valence-electron chi connectivity index (χ1n) is 7.21. The van der Waals surface area contributed by atoms with Gasteiger partial charge in [-0.25, -0.2) is 5.53 Å². The van der Waals surface area contributed by atoms with Gasteiger partial charge in [0.15, 0.2) is 0 Å². The predicted octanol–water partition coefficient (Wildman–Crippen LogP) is 5.17. The maximum Gasteiger partial charge on any atom is 0.277 e. The molecule has 0 bridgehead atoms. The Labute approximate surface area is 138 Å². The molecule has 3 aromatic carbocycles. The van der Waals surface area contributed by atoms with Crippen LogP contribution in [0.2, 0.25) is 0 Å². The number of benzene rings is 3. The fourth-order valence-electron chi connectivity index (χ4n) is 2.50. The summed E-state index contributed by atoms with van der Waals surface area (Å²) in [6.07, 6.45) is 0. The number of rotatable bonds is 4. The van der Waals surface area contributed by atoms with Gasteiger partial charge >= 0.3 is 0 Å². The minimum absolute atomic E-state index is 0.0277. The SMILES string of the molecule is N=Nc1ccc(-c2ccc(-c3ccc(N)cc3)cc2[N+](=O)[O-])cc1. The van der Waals surface area contributed by atoms with Gasteiger partial charge in [-0.15, -0.1) is 0 Å². The van der Waals surface area contributed by atoms with E-state index in [1.165, 1.54) is 0 Å². The molecule has 0 saturated carbocycles. The molecule has 0 amide bonds. The van der Waals surface area contributed by atoms with Gasteiger partial charge in [0, 0.05) is 11.8 Å². The maximum absolute atomic E-state index is 11.5. The molecule has 118 valence electrons. The van der Waals surface area contributed by atoms with Crippen LogP contribution < -0.4 is 5.73 Å². The first-order chi connectivity index (χ1) is 11.6. The highest BCUT2D eigenvalue weighted by atomic mass is 16.6. The van der Waals surface area contributed by atoms with Gasteiger partial charge in [0.05, 0.1) is 16.2 Å². The third kappa shape index (κ3) is 2.98. The van der Waals surface area contributed by atoms with Crippen molar-refractivity contribution in [1.29, 1.82) is 5.53 Å². The summed E-state index contributed by atoms with van der Waals surface area (Å²) in [5.41, 5.74) is 16.7. The lowest BCUT2D eigenvalue weighted by Gasteiger charge is -2.07. The summed E-state index contributed by atoms with van der Waals surface area (Å²) in [5, 5.41) is 14.8. The van der Waals surface area contributed by atoms with E-state index in [4.69, 9.17) is 11.3 Å². The van der Waals surface area contributed by atoms with E-state index in [1.807, 2.05) is 18.2 Å². The number of nitrogens with two attached hydrogens (primary N) is 1. The molecule has 0 atom stereocenters. The first-order valence-corrected chi connectivity index (χ1v) is 7.21. The normalized spacial score (nSPS) is 10.3. The molecule has 0 heterocycles. The zero-order valence-corrected chi connectivity index (χ0v) is 12.6. The van der Waals surface area contributed by atoms with Crippen molar-refractivity contribution in [3.8, 4) is 22.3 Å². The summed E-state index contributed by atoms with van der Waals surface area (Å²) in [5.74, 6) is 0. The molecule has 6 heteroatoms. The molecule has 0 unspecified atom stereocenters. The van der Waals surface area contributed by atoms with E-state index in [9.17, 15) is 10.1 Å². The number of hydrogen-bond acceptors (Lipinski definition) is 5. The topological polar surface area (TPSA) is 105 Å². The second-order valence-electron chi connectivity index (χ2n) is 5.27. The van der Waals surface area contributed by atoms with E-state index >= 15 is 0 Å². The second-order valence-corrected chi connectivity index (χ2v) is 5.27.